The van der Waals surface area contributed by atoms with E-state index in [4.69, 9.17) is 10.1 Å². The first-order valence-electron chi connectivity index (χ1n) is 7.43. The number of benzene rings is 3. The Balaban J connectivity index is 2.02. The third kappa shape index (κ3) is 3.24. The number of hydrogen-bond donors (Lipinski definition) is 1. The molecule has 0 aliphatic heterocycles. The van der Waals surface area contributed by atoms with Crippen LogP contribution in [-0.4, -0.2) is 12.9 Å². The number of anilines is 2. The molecule has 0 saturated heterocycles. The average molecular weight is 302 g/mol. The zero-order valence-electron chi connectivity index (χ0n) is 12.9. The molecule has 0 heterocycles. The lowest BCUT2D eigenvalue weighted by Crippen LogP contribution is -2.25. The molecular formula is C20H18N2O. The van der Waals surface area contributed by atoms with Crippen molar-refractivity contribution in [3.05, 3.63) is 90.5 Å². The van der Waals surface area contributed by atoms with Crippen LogP contribution in [0.15, 0.2) is 84.9 Å². The van der Waals surface area contributed by atoms with E-state index in [1.54, 1.807) is 7.11 Å². The monoisotopic (exact) mass is 302 g/mol. The fourth-order valence-corrected chi connectivity index (χ4v) is 2.44. The predicted octanol–water partition coefficient (Wildman–Crippen LogP) is 4.86. The second-order valence-corrected chi connectivity index (χ2v) is 5.08. The van der Waals surface area contributed by atoms with Crippen molar-refractivity contribution in [3.63, 3.8) is 0 Å². The van der Waals surface area contributed by atoms with E-state index in [0.717, 1.165) is 22.7 Å². The van der Waals surface area contributed by atoms with Crippen LogP contribution in [0, 0.1) is 5.41 Å². The summed E-state index contributed by atoms with van der Waals surface area (Å²) in [7, 11) is 1.64. The van der Waals surface area contributed by atoms with Gasteiger partial charge in [-0.25, -0.2) is 0 Å². The zero-order valence-corrected chi connectivity index (χ0v) is 12.9. The standard InChI is InChI=1S/C20H18N2O/c1-23-19-14-12-16(13-15-19)20(21)22(17-8-4-2-5-9-17)18-10-6-3-7-11-18/h2-15,21H,1H3. The molecule has 0 spiro atoms. The summed E-state index contributed by atoms with van der Waals surface area (Å²) in [5.41, 5.74) is 2.75. The molecule has 0 bridgehead atoms. The Hall–Kier alpha value is -3.07. The van der Waals surface area contributed by atoms with Crippen molar-refractivity contribution >= 4 is 17.2 Å². The summed E-state index contributed by atoms with van der Waals surface area (Å²) in [5, 5.41) is 8.67. The van der Waals surface area contributed by atoms with E-state index in [9.17, 15) is 0 Å². The Morgan fingerprint density at radius 1 is 0.739 bits per heavy atom. The quantitative estimate of drug-likeness (QED) is 0.552. The number of ether oxygens (including phenoxy) is 1. The minimum Gasteiger partial charge on any atom is -0.497 e. The Bertz CT molecular complexity index is 728. The van der Waals surface area contributed by atoms with Gasteiger partial charge in [0.25, 0.3) is 0 Å². The van der Waals surface area contributed by atoms with Gasteiger partial charge >= 0.3 is 0 Å². The molecule has 3 aromatic rings. The molecule has 0 radical (unpaired) electrons. The second-order valence-electron chi connectivity index (χ2n) is 5.08. The first-order chi connectivity index (χ1) is 11.3. The number of nitrogens with one attached hydrogen (secondary N) is 1. The highest BCUT2D eigenvalue weighted by atomic mass is 16.5. The van der Waals surface area contributed by atoms with Crippen molar-refractivity contribution < 1.29 is 4.74 Å². The molecule has 0 fully saturated rings. The van der Waals surface area contributed by atoms with Gasteiger partial charge in [-0.3, -0.25) is 10.3 Å². The van der Waals surface area contributed by atoms with E-state index >= 15 is 0 Å². The molecule has 0 unspecified atom stereocenters. The minimum atomic E-state index is 0.421. The molecule has 0 amide bonds. The van der Waals surface area contributed by atoms with E-state index in [1.165, 1.54) is 0 Å². The van der Waals surface area contributed by atoms with Crippen LogP contribution in [0.1, 0.15) is 5.56 Å². The van der Waals surface area contributed by atoms with Crippen LogP contribution in [0.25, 0.3) is 0 Å². The highest BCUT2D eigenvalue weighted by Crippen LogP contribution is 2.27. The molecule has 1 N–H and O–H groups in total. The predicted molar refractivity (Wildman–Crippen MR) is 94.8 cm³/mol. The Morgan fingerprint density at radius 2 is 1.22 bits per heavy atom. The number of amidine groups is 1. The number of para-hydroxylation sites is 2. The molecule has 0 aliphatic rings. The molecule has 0 atom stereocenters. The van der Waals surface area contributed by atoms with Crippen molar-refractivity contribution in [2.24, 2.45) is 0 Å². The van der Waals surface area contributed by atoms with Crippen LogP contribution < -0.4 is 9.64 Å². The second kappa shape index (κ2) is 6.79. The fourth-order valence-electron chi connectivity index (χ4n) is 2.44. The van der Waals surface area contributed by atoms with Gasteiger partial charge in [0.05, 0.1) is 7.11 Å². The Labute approximate surface area is 136 Å². The summed E-state index contributed by atoms with van der Waals surface area (Å²) in [6.45, 7) is 0. The first-order valence-corrected chi connectivity index (χ1v) is 7.43. The van der Waals surface area contributed by atoms with Gasteiger partial charge in [-0.15, -0.1) is 0 Å². The van der Waals surface area contributed by atoms with Crippen molar-refractivity contribution in [1.82, 2.24) is 0 Å². The van der Waals surface area contributed by atoms with Crippen molar-refractivity contribution in [1.29, 1.82) is 5.41 Å². The van der Waals surface area contributed by atoms with Crippen LogP contribution in [-0.2, 0) is 0 Å². The fraction of sp³-hybridized carbons (Fsp3) is 0.0500. The van der Waals surface area contributed by atoms with Crippen LogP contribution >= 0.6 is 0 Å². The van der Waals surface area contributed by atoms with Gasteiger partial charge in [-0.1, -0.05) is 36.4 Å². The molecule has 23 heavy (non-hydrogen) atoms. The largest absolute Gasteiger partial charge is 0.497 e. The van der Waals surface area contributed by atoms with Crippen LogP contribution in [0.4, 0.5) is 11.4 Å². The van der Waals surface area contributed by atoms with Gasteiger partial charge in [0, 0.05) is 16.9 Å². The summed E-state index contributed by atoms with van der Waals surface area (Å²) >= 11 is 0. The zero-order chi connectivity index (χ0) is 16.1. The maximum absolute atomic E-state index is 8.67. The van der Waals surface area contributed by atoms with Gasteiger partial charge in [0.2, 0.25) is 0 Å². The highest BCUT2D eigenvalue weighted by molar-refractivity contribution is 6.12. The average Bonchev–Trinajstić information content (AvgIpc) is 2.64. The highest BCUT2D eigenvalue weighted by Gasteiger charge is 2.16. The van der Waals surface area contributed by atoms with E-state index in [2.05, 4.69) is 0 Å². The van der Waals surface area contributed by atoms with E-state index in [1.807, 2.05) is 89.8 Å². The molecule has 3 heteroatoms. The lowest BCUT2D eigenvalue weighted by molar-refractivity contribution is 0.415. The Kier molecular flexibility index (Phi) is 4.39. The minimum absolute atomic E-state index is 0.421. The van der Waals surface area contributed by atoms with Gasteiger partial charge in [-0.2, -0.15) is 0 Å². The van der Waals surface area contributed by atoms with Crippen LogP contribution in [0.5, 0.6) is 5.75 Å². The SMILES string of the molecule is COc1ccc(C(=N)N(c2ccccc2)c2ccccc2)cc1. The summed E-state index contributed by atoms with van der Waals surface area (Å²) in [6, 6.07) is 27.4. The lowest BCUT2D eigenvalue weighted by Gasteiger charge is -2.25. The maximum atomic E-state index is 8.67. The molecule has 3 aromatic carbocycles. The van der Waals surface area contributed by atoms with Crippen molar-refractivity contribution in [2.45, 2.75) is 0 Å². The lowest BCUT2D eigenvalue weighted by atomic mass is 10.1. The number of hydrogen-bond acceptors (Lipinski definition) is 2. The molecule has 3 rings (SSSR count). The van der Waals surface area contributed by atoms with Gasteiger partial charge < -0.3 is 4.74 Å². The molecule has 0 aromatic heterocycles. The molecular weight excluding hydrogens is 284 g/mol. The van der Waals surface area contributed by atoms with Crippen molar-refractivity contribution in [3.8, 4) is 5.75 Å². The number of methoxy groups -OCH3 is 1. The summed E-state index contributed by atoms with van der Waals surface area (Å²) in [5.74, 6) is 1.21. The van der Waals surface area contributed by atoms with Crippen LogP contribution in [0.2, 0.25) is 0 Å². The molecule has 3 nitrogen and oxygen atoms in total. The summed E-state index contributed by atoms with van der Waals surface area (Å²) < 4.78 is 5.19. The van der Waals surface area contributed by atoms with Crippen LogP contribution in [0.3, 0.4) is 0 Å². The Morgan fingerprint density at radius 3 is 1.65 bits per heavy atom. The molecule has 114 valence electrons. The summed E-state index contributed by atoms with van der Waals surface area (Å²) in [6.07, 6.45) is 0. The molecule has 0 saturated carbocycles. The third-order valence-electron chi connectivity index (χ3n) is 3.62. The first kappa shape index (κ1) is 14.9. The van der Waals surface area contributed by atoms with Gasteiger partial charge in [0.15, 0.2) is 0 Å². The maximum Gasteiger partial charge on any atom is 0.137 e. The normalized spacial score (nSPS) is 10.1. The smallest absolute Gasteiger partial charge is 0.137 e. The number of nitrogens with zero attached hydrogens (tertiary/aromatic N) is 1. The topological polar surface area (TPSA) is 36.3 Å². The number of rotatable bonds is 4. The van der Waals surface area contributed by atoms with E-state index < -0.39 is 0 Å². The van der Waals surface area contributed by atoms with E-state index in [-0.39, 0.29) is 0 Å². The summed E-state index contributed by atoms with van der Waals surface area (Å²) in [4.78, 5) is 1.93. The van der Waals surface area contributed by atoms with E-state index in [0.29, 0.717) is 5.84 Å². The molecule has 0 aliphatic carbocycles. The third-order valence-corrected chi connectivity index (χ3v) is 3.62. The van der Waals surface area contributed by atoms with Crippen molar-refractivity contribution in [2.75, 3.05) is 12.0 Å². The van der Waals surface area contributed by atoms with Gasteiger partial charge in [0.1, 0.15) is 11.6 Å². The van der Waals surface area contributed by atoms with Gasteiger partial charge in [-0.05, 0) is 48.5 Å².